The summed E-state index contributed by atoms with van der Waals surface area (Å²) >= 11 is 0. The Hall–Kier alpha value is -5.23. The van der Waals surface area contributed by atoms with E-state index in [-0.39, 0.29) is 45.1 Å². The van der Waals surface area contributed by atoms with Crippen molar-refractivity contribution < 1.29 is 58.5 Å². The van der Waals surface area contributed by atoms with Crippen molar-refractivity contribution >= 4 is 53.3 Å². The van der Waals surface area contributed by atoms with E-state index in [4.69, 9.17) is 11.5 Å². The molecule has 1 heterocycles. The molecule has 2 unspecified atom stereocenters. The molecule has 0 aromatic heterocycles. The summed E-state index contributed by atoms with van der Waals surface area (Å²) in [6.45, 7) is -2.69. The molecule has 6 amide bonds. The minimum Gasteiger partial charge on any atom is -0.394 e. The Morgan fingerprint density at radius 1 is 0.836 bits per heavy atom. The summed E-state index contributed by atoms with van der Waals surface area (Å²) in [6, 6.07) is -1.70. The molecule has 1 aliphatic rings. The Kier molecular flexibility index (Phi) is 20.2. The molecule has 0 spiro atoms. The summed E-state index contributed by atoms with van der Waals surface area (Å²) in [7, 11) is 0. The van der Waals surface area contributed by atoms with E-state index in [1.807, 2.05) is 0 Å². The number of amides is 6. The predicted molar refractivity (Wildman–Crippen MR) is 190 cm³/mol. The average molecular weight is 779 g/mol. The van der Waals surface area contributed by atoms with Gasteiger partial charge in [0.05, 0.1) is 32.3 Å². The zero-order valence-electron chi connectivity index (χ0n) is 30.0. The number of carbonyl (C=O) groups excluding carboxylic acids is 9. The number of benzene rings is 1. The molecular weight excluding hydrogens is 728 g/mol. The molecule has 22 heteroatoms. The Morgan fingerprint density at radius 3 is 2.09 bits per heavy atom. The monoisotopic (exact) mass is 778 g/mol. The second-order valence-electron chi connectivity index (χ2n) is 12.6. The Morgan fingerprint density at radius 2 is 1.49 bits per heavy atom. The third kappa shape index (κ3) is 16.0. The fraction of sp³-hybridized carbons (Fsp3) is 0.545. The highest BCUT2D eigenvalue weighted by Crippen LogP contribution is 2.08. The van der Waals surface area contributed by atoms with Gasteiger partial charge in [0.1, 0.15) is 42.5 Å². The number of primary amides is 2. The van der Waals surface area contributed by atoms with E-state index < -0.39 is 116 Å². The number of nitrogens with two attached hydrogens (primary N) is 2. The topological polar surface area (TPSA) is 363 Å². The summed E-state index contributed by atoms with van der Waals surface area (Å²) in [6.07, 6.45) is -0.478. The van der Waals surface area contributed by atoms with Crippen LogP contribution < -0.4 is 54.4 Å². The third-order valence-electron chi connectivity index (χ3n) is 8.31. The third-order valence-corrected chi connectivity index (χ3v) is 8.31. The van der Waals surface area contributed by atoms with E-state index in [2.05, 4.69) is 43.0 Å². The van der Waals surface area contributed by atoms with Crippen LogP contribution in [0.25, 0.3) is 0 Å². The second-order valence-corrected chi connectivity index (χ2v) is 12.6. The van der Waals surface area contributed by atoms with Gasteiger partial charge in [0, 0.05) is 13.0 Å². The molecule has 0 saturated carbocycles. The van der Waals surface area contributed by atoms with Crippen LogP contribution in [-0.4, -0.2) is 137 Å². The standard InChI is InChI=1S/C33H50N10O12/c34-26(48)13-23(41-40-19(14-44)15-45)33(55)38-21-8-4-5-11-36-27(49)10-9-20(30(35)52)37-32(54)22(12-18-6-2-1-3-7-18)42-43-25(17-47)29(51)28(50)24(16-46)39-31(21)53/h1-3,6-7,14,19-25,40-43,45-47H,4-5,8-13,15-17H2,(H2,34,48)(H2,35,52)(H,36,49)(H,37,54)(H,38,55)(H,39,53)/t19-,20?,21?,22+,23+,24+,25+/m1/s1. The fourth-order valence-corrected chi connectivity index (χ4v) is 5.17. The highest BCUT2D eigenvalue weighted by molar-refractivity contribution is 6.41. The maximum absolute atomic E-state index is 13.5. The second kappa shape index (κ2) is 24.2. The van der Waals surface area contributed by atoms with Crippen molar-refractivity contribution in [2.45, 2.75) is 87.2 Å². The SMILES string of the molecule is NC(=O)C[C@H](NN[C@H](C=O)CO)C(=O)NC1CCCCNC(=O)CCC(C(N)=O)NC(=O)[C@H](Cc2ccccc2)NN[C@@H](CO)C(=O)C(=O)[C@H](CO)NC1=O. The summed E-state index contributed by atoms with van der Waals surface area (Å²) in [5.74, 6) is -7.85. The van der Waals surface area contributed by atoms with Gasteiger partial charge in [0.15, 0.2) is 0 Å². The van der Waals surface area contributed by atoms with Gasteiger partial charge in [-0.15, -0.1) is 0 Å². The van der Waals surface area contributed by atoms with Crippen LogP contribution in [-0.2, 0) is 49.6 Å². The van der Waals surface area contributed by atoms with Crippen molar-refractivity contribution in [1.29, 1.82) is 0 Å². The van der Waals surface area contributed by atoms with E-state index in [0.717, 1.165) is 0 Å². The van der Waals surface area contributed by atoms with Crippen LogP contribution in [0.3, 0.4) is 0 Å². The molecule has 2 rings (SSSR count). The first-order chi connectivity index (χ1) is 26.2. The van der Waals surface area contributed by atoms with Crippen molar-refractivity contribution in [3.8, 4) is 0 Å². The molecule has 15 N–H and O–H groups in total. The van der Waals surface area contributed by atoms with Crippen LogP contribution in [0, 0.1) is 0 Å². The predicted octanol–water partition coefficient (Wildman–Crippen LogP) is -6.90. The van der Waals surface area contributed by atoms with E-state index in [0.29, 0.717) is 11.8 Å². The molecule has 0 aliphatic carbocycles. The van der Waals surface area contributed by atoms with Gasteiger partial charge in [-0.25, -0.2) is 21.7 Å². The zero-order valence-corrected chi connectivity index (χ0v) is 30.0. The number of Topliss-reactive ketones (excluding diaryl/α,β-unsaturated/α-hetero) is 2. The lowest BCUT2D eigenvalue weighted by molar-refractivity contribution is -0.142. The number of aliphatic hydroxyl groups is 3. The van der Waals surface area contributed by atoms with E-state index in [1.165, 1.54) is 0 Å². The minimum atomic E-state index is -1.87. The van der Waals surface area contributed by atoms with Crippen LogP contribution in [0.5, 0.6) is 0 Å². The van der Waals surface area contributed by atoms with Crippen molar-refractivity contribution in [3.63, 3.8) is 0 Å². The molecule has 55 heavy (non-hydrogen) atoms. The molecule has 1 fully saturated rings. The number of hydrazine groups is 2. The number of carbonyl (C=O) groups is 9. The maximum Gasteiger partial charge on any atom is 0.243 e. The molecule has 1 aromatic carbocycles. The largest absolute Gasteiger partial charge is 0.394 e. The van der Waals surface area contributed by atoms with E-state index in [9.17, 15) is 58.5 Å². The number of nitrogens with one attached hydrogen (secondary N) is 8. The number of aldehydes is 1. The normalized spacial score (nSPS) is 23.8. The minimum absolute atomic E-state index is 0.0284. The number of hydrogen-bond donors (Lipinski definition) is 13. The average Bonchev–Trinajstić information content (AvgIpc) is 3.16. The summed E-state index contributed by atoms with van der Waals surface area (Å²) < 4.78 is 0. The van der Waals surface area contributed by atoms with Crippen molar-refractivity contribution in [1.82, 2.24) is 43.0 Å². The van der Waals surface area contributed by atoms with Crippen LogP contribution in [0.4, 0.5) is 0 Å². The van der Waals surface area contributed by atoms with Crippen LogP contribution in [0.2, 0.25) is 0 Å². The van der Waals surface area contributed by atoms with Gasteiger partial charge < -0.3 is 52.8 Å². The van der Waals surface area contributed by atoms with Gasteiger partial charge in [-0.2, -0.15) is 0 Å². The zero-order chi connectivity index (χ0) is 40.9. The number of hydrogen-bond acceptors (Lipinski definition) is 16. The van der Waals surface area contributed by atoms with Crippen molar-refractivity contribution in [2.24, 2.45) is 11.5 Å². The summed E-state index contributed by atoms with van der Waals surface area (Å²) in [5, 5.41) is 39.0. The first kappa shape index (κ1) is 45.9. The van der Waals surface area contributed by atoms with Gasteiger partial charge in [-0.1, -0.05) is 30.3 Å². The Bertz CT molecular complexity index is 1500. The van der Waals surface area contributed by atoms with Gasteiger partial charge in [0.25, 0.3) is 0 Å². The highest BCUT2D eigenvalue weighted by atomic mass is 16.3. The molecule has 304 valence electrons. The van der Waals surface area contributed by atoms with Crippen molar-refractivity contribution in [2.75, 3.05) is 26.4 Å². The molecule has 1 saturated heterocycles. The maximum atomic E-state index is 13.5. The van der Waals surface area contributed by atoms with Gasteiger partial charge in [-0.3, -0.25) is 38.4 Å². The first-order valence-electron chi connectivity index (χ1n) is 17.4. The number of aliphatic hydroxyl groups excluding tert-OH is 3. The molecule has 1 aromatic rings. The van der Waals surface area contributed by atoms with Crippen molar-refractivity contribution in [3.05, 3.63) is 35.9 Å². The van der Waals surface area contributed by atoms with Gasteiger partial charge in [-0.05, 0) is 37.7 Å². The summed E-state index contributed by atoms with van der Waals surface area (Å²) in [4.78, 5) is 114. The molecule has 7 atom stereocenters. The fourth-order valence-electron chi connectivity index (χ4n) is 5.17. The molecule has 1 aliphatic heterocycles. The van der Waals surface area contributed by atoms with E-state index in [1.54, 1.807) is 30.3 Å². The summed E-state index contributed by atoms with van der Waals surface area (Å²) in [5.41, 5.74) is 21.2. The highest BCUT2D eigenvalue weighted by Gasteiger charge is 2.35. The smallest absolute Gasteiger partial charge is 0.243 e. The van der Waals surface area contributed by atoms with Gasteiger partial charge in [0.2, 0.25) is 47.0 Å². The van der Waals surface area contributed by atoms with Gasteiger partial charge >= 0.3 is 0 Å². The molecule has 22 nitrogen and oxygen atoms in total. The van der Waals surface area contributed by atoms with Crippen LogP contribution in [0.1, 0.15) is 44.1 Å². The quantitative estimate of drug-likeness (QED) is 0.0474. The first-order valence-corrected chi connectivity index (χ1v) is 17.4. The molecule has 0 bridgehead atoms. The van der Waals surface area contributed by atoms with Crippen LogP contribution >= 0.6 is 0 Å². The number of ketones is 2. The van der Waals surface area contributed by atoms with Crippen LogP contribution in [0.15, 0.2) is 30.3 Å². The Labute approximate surface area is 315 Å². The Balaban J connectivity index is 2.40. The van der Waals surface area contributed by atoms with E-state index >= 15 is 0 Å². The molecular formula is C33H50N10O12. The lowest BCUT2D eigenvalue weighted by Gasteiger charge is -2.26. The lowest BCUT2D eigenvalue weighted by Crippen LogP contribution is -2.61. The molecule has 0 radical (unpaired) electrons. The number of rotatable bonds is 14. The lowest BCUT2D eigenvalue weighted by atomic mass is 10.0.